The van der Waals surface area contributed by atoms with Crippen molar-refractivity contribution in [1.29, 1.82) is 0 Å². The molecule has 1 unspecified atom stereocenters. The third kappa shape index (κ3) is 6.02. The summed E-state index contributed by atoms with van der Waals surface area (Å²) in [5, 5.41) is 11.3. The number of nitrogens with zero attached hydrogens (tertiary/aromatic N) is 1. The van der Waals surface area contributed by atoms with Gasteiger partial charge in [0.25, 0.3) is 0 Å². The Bertz CT molecular complexity index is 976. The first-order chi connectivity index (χ1) is 15.8. The molecule has 2 aromatic rings. The fraction of sp³-hybridized carbons (Fsp3) is 0.621. The number of aliphatic hydroxyl groups excluding tert-OH is 1. The molecule has 1 N–H and O–H groups in total. The van der Waals surface area contributed by atoms with Gasteiger partial charge >= 0.3 is 6.18 Å². The number of pyridine rings is 1. The third-order valence-electron chi connectivity index (χ3n) is 7.16. The Hall–Kier alpha value is -1.88. The first-order valence-corrected chi connectivity index (χ1v) is 12.7. The van der Waals surface area contributed by atoms with Crippen molar-refractivity contribution in [2.75, 3.05) is 0 Å². The molecule has 0 amide bonds. The van der Waals surface area contributed by atoms with Crippen molar-refractivity contribution >= 4 is 0 Å². The van der Waals surface area contributed by atoms with Crippen LogP contribution in [-0.2, 0) is 19.0 Å². The molecule has 34 heavy (non-hydrogen) atoms. The van der Waals surface area contributed by atoms with Crippen LogP contribution in [-0.4, -0.2) is 10.1 Å². The minimum absolute atomic E-state index is 0.0225. The highest BCUT2D eigenvalue weighted by molar-refractivity contribution is 5.48. The zero-order valence-corrected chi connectivity index (χ0v) is 21.5. The number of hydrogen-bond donors (Lipinski definition) is 1. The summed E-state index contributed by atoms with van der Waals surface area (Å²) in [4.78, 5) is 5.11. The highest BCUT2D eigenvalue weighted by atomic mass is 19.4. The number of hydrogen-bond acceptors (Lipinski definition) is 2. The molecule has 1 aliphatic carbocycles. The number of unbranched alkanes of at least 4 members (excludes halogenated alkanes) is 2. The van der Waals surface area contributed by atoms with Crippen molar-refractivity contribution < 1.29 is 18.3 Å². The van der Waals surface area contributed by atoms with Crippen molar-refractivity contribution in [1.82, 2.24) is 4.98 Å². The van der Waals surface area contributed by atoms with Crippen LogP contribution in [0.2, 0.25) is 0 Å². The van der Waals surface area contributed by atoms with E-state index in [9.17, 15) is 18.3 Å². The average molecular weight is 476 g/mol. The summed E-state index contributed by atoms with van der Waals surface area (Å²) < 4.78 is 39.3. The lowest BCUT2D eigenvalue weighted by molar-refractivity contribution is -0.137. The molecule has 1 aromatic heterocycles. The number of aromatic nitrogens is 1. The van der Waals surface area contributed by atoms with E-state index < -0.39 is 17.8 Å². The smallest absolute Gasteiger partial charge is 0.388 e. The Labute approximate surface area is 203 Å². The molecule has 1 heterocycles. The monoisotopic (exact) mass is 475 g/mol. The normalized spacial score (nSPS) is 18.7. The first-order valence-electron chi connectivity index (χ1n) is 12.7. The number of halogens is 3. The number of rotatable bonds is 8. The molecule has 0 aliphatic heterocycles. The van der Waals surface area contributed by atoms with Gasteiger partial charge in [0.2, 0.25) is 0 Å². The van der Waals surface area contributed by atoms with E-state index in [4.69, 9.17) is 4.98 Å². The largest absolute Gasteiger partial charge is 0.416 e. The Morgan fingerprint density at radius 3 is 2.29 bits per heavy atom. The van der Waals surface area contributed by atoms with E-state index in [1.165, 1.54) is 12.0 Å². The second kappa shape index (κ2) is 10.4. The molecule has 0 fully saturated rings. The van der Waals surface area contributed by atoms with Gasteiger partial charge in [0.15, 0.2) is 0 Å². The maximum absolute atomic E-state index is 13.1. The van der Waals surface area contributed by atoms with E-state index in [1.807, 2.05) is 0 Å². The maximum Gasteiger partial charge on any atom is 0.416 e. The van der Waals surface area contributed by atoms with Gasteiger partial charge < -0.3 is 5.11 Å². The van der Waals surface area contributed by atoms with Crippen LogP contribution in [0, 0.1) is 5.41 Å². The lowest BCUT2D eigenvalue weighted by atomic mass is 9.70. The Morgan fingerprint density at radius 1 is 1.09 bits per heavy atom. The maximum atomic E-state index is 13.1. The molecule has 1 aromatic carbocycles. The minimum Gasteiger partial charge on any atom is -0.388 e. The predicted octanol–water partition coefficient (Wildman–Crippen LogP) is 8.50. The summed E-state index contributed by atoms with van der Waals surface area (Å²) in [6.07, 6.45) is 1.59. The first kappa shape index (κ1) is 26.7. The molecule has 2 atom stereocenters. The zero-order valence-electron chi connectivity index (χ0n) is 21.5. The van der Waals surface area contributed by atoms with Gasteiger partial charge in [-0.2, -0.15) is 13.2 Å². The Balaban J connectivity index is 2.15. The van der Waals surface area contributed by atoms with Crippen molar-refractivity contribution in [2.24, 2.45) is 5.41 Å². The van der Waals surface area contributed by atoms with Gasteiger partial charge in [-0.25, -0.2) is 0 Å². The van der Waals surface area contributed by atoms with Crippen LogP contribution in [0.5, 0.6) is 0 Å². The van der Waals surface area contributed by atoms with Gasteiger partial charge in [0.1, 0.15) is 0 Å². The predicted molar refractivity (Wildman–Crippen MR) is 132 cm³/mol. The van der Waals surface area contributed by atoms with Crippen LogP contribution in [0.3, 0.4) is 0 Å². The topological polar surface area (TPSA) is 33.1 Å². The average Bonchev–Trinajstić information content (AvgIpc) is 2.72. The van der Waals surface area contributed by atoms with E-state index in [1.54, 1.807) is 12.1 Å². The van der Waals surface area contributed by atoms with Gasteiger partial charge in [-0.3, -0.25) is 4.98 Å². The fourth-order valence-corrected chi connectivity index (χ4v) is 5.47. The summed E-state index contributed by atoms with van der Waals surface area (Å²) in [6.45, 7) is 13.0. The number of fused-ring (bicyclic) bond motifs is 1. The minimum atomic E-state index is -4.34. The highest BCUT2D eigenvalue weighted by Gasteiger charge is 2.37. The summed E-state index contributed by atoms with van der Waals surface area (Å²) in [6, 6.07) is 5.49. The SMILES string of the molecule is CCCCCC(C)c1c(Cc2ccc(C(F)(F)F)cc2)c(C(C)C)nc2c1[C@@H](O)CC(C)(C)C2. The van der Waals surface area contributed by atoms with Crippen molar-refractivity contribution in [3.63, 3.8) is 0 Å². The van der Waals surface area contributed by atoms with Crippen molar-refractivity contribution in [2.45, 2.75) is 111 Å². The molecule has 1 aliphatic rings. The molecule has 188 valence electrons. The summed E-state index contributed by atoms with van der Waals surface area (Å²) in [7, 11) is 0. The van der Waals surface area contributed by atoms with Crippen LogP contribution in [0.25, 0.3) is 0 Å². The van der Waals surface area contributed by atoms with Gasteiger partial charge in [0.05, 0.1) is 11.7 Å². The van der Waals surface area contributed by atoms with Crippen LogP contribution >= 0.6 is 0 Å². The third-order valence-corrected chi connectivity index (χ3v) is 7.16. The molecule has 0 saturated carbocycles. The number of alkyl halides is 3. The van der Waals surface area contributed by atoms with Crippen LogP contribution in [0.15, 0.2) is 24.3 Å². The lowest BCUT2D eigenvalue weighted by Gasteiger charge is -2.38. The fourth-order valence-electron chi connectivity index (χ4n) is 5.47. The second-order valence-corrected chi connectivity index (χ2v) is 11.2. The standard InChI is InChI=1S/C29H40F3NO/c1-7-8-9-10-19(4)25-22(15-20-11-13-21(14-12-20)29(30,31)32)27(18(2)3)33-23-16-28(5,6)17-24(34)26(23)25/h11-14,18-19,24,34H,7-10,15-17H2,1-6H3/t19?,24-/m0/s1. The lowest BCUT2D eigenvalue weighted by Crippen LogP contribution is -2.29. The second-order valence-electron chi connectivity index (χ2n) is 11.2. The van der Waals surface area contributed by atoms with Gasteiger partial charge in [-0.1, -0.05) is 72.9 Å². The molecule has 0 radical (unpaired) electrons. The van der Waals surface area contributed by atoms with E-state index in [2.05, 4.69) is 41.5 Å². The van der Waals surface area contributed by atoms with E-state index in [0.29, 0.717) is 12.8 Å². The molecule has 0 bridgehead atoms. The molecule has 3 rings (SSSR count). The molecule has 2 nitrogen and oxygen atoms in total. The number of aliphatic hydroxyl groups is 1. The van der Waals surface area contributed by atoms with Crippen LogP contribution < -0.4 is 0 Å². The molecular formula is C29H40F3NO. The molecule has 0 spiro atoms. The van der Waals surface area contributed by atoms with Crippen LogP contribution in [0.4, 0.5) is 13.2 Å². The molecule has 5 heteroatoms. The summed E-state index contributed by atoms with van der Waals surface area (Å²) in [5.74, 6) is 0.430. The molecular weight excluding hydrogens is 435 g/mol. The van der Waals surface area contributed by atoms with Crippen LogP contribution in [0.1, 0.15) is 131 Å². The van der Waals surface area contributed by atoms with Crippen molar-refractivity contribution in [3.8, 4) is 0 Å². The highest BCUT2D eigenvalue weighted by Crippen LogP contribution is 2.46. The Kier molecular flexibility index (Phi) is 8.17. The quantitative estimate of drug-likeness (QED) is 0.388. The van der Waals surface area contributed by atoms with E-state index >= 15 is 0 Å². The van der Waals surface area contributed by atoms with Crippen molar-refractivity contribution in [3.05, 3.63) is 63.5 Å². The van der Waals surface area contributed by atoms with Gasteiger partial charge in [-0.05, 0) is 71.8 Å². The van der Waals surface area contributed by atoms with Gasteiger partial charge in [-0.15, -0.1) is 0 Å². The van der Waals surface area contributed by atoms with Gasteiger partial charge in [0, 0.05) is 17.0 Å². The zero-order chi connectivity index (χ0) is 25.3. The van der Waals surface area contributed by atoms with E-state index in [0.717, 1.165) is 65.9 Å². The summed E-state index contributed by atoms with van der Waals surface area (Å²) >= 11 is 0. The summed E-state index contributed by atoms with van der Waals surface area (Å²) in [5.41, 5.74) is 5.46. The van der Waals surface area contributed by atoms with E-state index in [-0.39, 0.29) is 17.3 Å². The number of benzene rings is 1. The Morgan fingerprint density at radius 2 is 1.74 bits per heavy atom. The molecule has 0 saturated heterocycles.